The minimum Gasteiger partial charge on any atom is -0.367 e. The van der Waals surface area contributed by atoms with Crippen LogP contribution in [0, 0.1) is 5.92 Å². The Kier molecular flexibility index (Phi) is 4.34. The maximum Gasteiger partial charge on any atom is 0.126 e. The Morgan fingerprint density at radius 1 is 1.11 bits per heavy atom. The molecule has 0 spiro atoms. The summed E-state index contributed by atoms with van der Waals surface area (Å²) >= 11 is 0. The van der Waals surface area contributed by atoms with E-state index in [4.69, 9.17) is 0 Å². The predicted molar refractivity (Wildman–Crippen MR) is 79.3 cm³/mol. The van der Waals surface area contributed by atoms with Crippen LogP contribution in [0.5, 0.6) is 0 Å². The van der Waals surface area contributed by atoms with Gasteiger partial charge in [0.05, 0.1) is 0 Å². The fraction of sp³-hybridized carbons (Fsp3) is 0.688. The maximum absolute atomic E-state index is 4.35. The Balaban J connectivity index is 1.41. The van der Waals surface area contributed by atoms with Gasteiger partial charge in [0, 0.05) is 31.9 Å². The van der Waals surface area contributed by atoms with Gasteiger partial charge in [-0.25, -0.2) is 4.98 Å². The van der Waals surface area contributed by atoms with Crippen molar-refractivity contribution in [3.05, 3.63) is 24.4 Å². The highest BCUT2D eigenvalue weighted by Crippen LogP contribution is 2.26. The van der Waals surface area contributed by atoms with E-state index in [0.29, 0.717) is 6.04 Å². The zero-order chi connectivity index (χ0) is 12.9. The highest BCUT2D eigenvalue weighted by Gasteiger charge is 2.23. The summed E-state index contributed by atoms with van der Waals surface area (Å²) in [4.78, 5) is 7.02. The van der Waals surface area contributed by atoms with E-state index in [2.05, 4.69) is 21.3 Å². The normalized spacial score (nSPS) is 22.7. The van der Waals surface area contributed by atoms with Crippen LogP contribution < -0.4 is 5.32 Å². The van der Waals surface area contributed by atoms with Gasteiger partial charge in [-0.05, 0) is 43.7 Å². The van der Waals surface area contributed by atoms with Gasteiger partial charge in [0.15, 0.2) is 0 Å². The van der Waals surface area contributed by atoms with Crippen LogP contribution in [0.3, 0.4) is 0 Å². The molecule has 0 bridgehead atoms. The standard InChI is InChI=1S/C16H25N3/c1-2-6-14(5-1)13-19-11-8-15(9-12-19)18-16-7-3-4-10-17-16/h3-4,7,10,14-15H,1-2,5-6,8-9,11-13H2,(H,17,18). The molecule has 0 radical (unpaired) electrons. The lowest BCUT2D eigenvalue weighted by Crippen LogP contribution is -2.41. The molecule has 19 heavy (non-hydrogen) atoms. The van der Waals surface area contributed by atoms with Gasteiger partial charge in [0.25, 0.3) is 0 Å². The molecule has 3 rings (SSSR count). The number of nitrogens with zero attached hydrogens (tertiary/aromatic N) is 2. The number of piperidine rings is 1. The van der Waals surface area contributed by atoms with E-state index in [1.54, 1.807) is 0 Å². The highest BCUT2D eigenvalue weighted by atomic mass is 15.1. The van der Waals surface area contributed by atoms with Crippen molar-refractivity contribution in [1.82, 2.24) is 9.88 Å². The summed E-state index contributed by atoms with van der Waals surface area (Å²) in [5.41, 5.74) is 0. The molecule has 0 aromatic carbocycles. The van der Waals surface area contributed by atoms with E-state index in [1.165, 1.54) is 58.2 Å². The summed E-state index contributed by atoms with van der Waals surface area (Å²) in [5.74, 6) is 2.01. The highest BCUT2D eigenvalue weighted by molar-refractivity contribution is 5.34. The van der Waals surface area contributed by atoms with Gasteiger partial charge in [0.2, 0.25) is 0 Å². The fourth-order valence-electron chi connectivity index (χ4n) is 3.48. The SMILES string of the molecule is c1ccc(NC2CCN(CC3CCCC3)CC2)nc1. The molecule has 1 aliphatic carbocycles. The molecule has 1 saturated carbocycles. The molecular weight excluding hydrogens is 234 g/mol. The third kappa shape index (κ3) is 3.69. The lowest BCUT2D eigenvalue weighted by atomic mass is 10.0. The predicted octanol–water partition coefficient (Wildman–Crippen LogP) is 3.15. The molecule has 3 heteroatoms. The molecule has 2 aliphatic rings. The third-order valence-corrected chi connectivity index (χ3v) is 4.60. The molecule has 2 heterocycles. The Hall–Kier alpha value is -1.09. The first kappa shape index (κ1) is 12.9. The lowest BCUT2D eigenvalue weighted by Gasteiger charge is -2.34. The first-order valence-corrected chi connectivity index (χ1v) is 7.80. The molecule has 1 N–H and O–H groups in total. The minimum atomic E-state index is 0.606. The van der Waals surface area contributed by atoms with Crippen molar-refractivity contribution in [3.8, 4) is 0 Å². The third-order valence-electron chi connectivity index (χ3n) is 4.60. The van der Waals surface area contributed by atoms with Crippen LogP contribution in [-0.4, -0.2) is 35.6 Å². The van der Waals surface area contributed by atoms with Gasteiger partial charge in [-0.2, -0.15) is 0 Å². The smallest absolute Gasteiger partial charge is 0.126 e. The quantitative estimate of drug-likeness (QED) is 0.900. The summed E-state index contributed by atoms with van der Waals surface area (Å²) < 4.78 is 0. The summed E-state index contributed by atoms with van der Waals surface area (Å²) in [6.45, 7) is 3.85. The number of likely N-dealkylation sites (tertiary alicyclic amines) is 1. The molecule has 1 saturated heterocycles. The number of hydrogen-bond acceptors (Lipinski definition) is 3. The molecule has 0 unspecified atom stereocenters. The number of pyridine rings is 1. The Bertz CT molecular complexity index is 365. The summed E-state index contributed by atoms with van der Waals surface area (Å²) in [7, 11) is 0. The molecule has 0 atom stereocenters. The Morgan fingerprint density at radius 3 is 2.58 bits per heavy atom. The first-order valence-electron chi connectivity index (χ1n) is 7.80. The summed E-state index contributed by atoms with van der Waals surface area (Å²) in [5, 5.41) is 3.56. The van der Waals surface area contributed by atoms with Crippen LogP contribution in [0.15, 0.2) is 24.4 Å². The van der Waals surface area contributed by atoms with E-state index in [0.717, 1.165) is 11.7 Å². The largest absolute Gasteiger partial charge is 0.367 e. The Labute approximate surface area is 116 Å². The molecule has 0 amide bonds. The van der Waals surface area contributed by atoms with Crippen LogP contribution in [0.2, 0.25) is 0 Å². The van der Waals surface area contributed by atoms with Crippen molar-refractivity contribution in [1.29, 1.82) is 0 Å². The van der Waals surface area contributed by atoms with Crippen molar-refractivity contribution in [3.63, 3.8) is 0 Å². The van der Waals surface area contributed by atoms with E-state index in [1.807, 2.05) is 18.3 Å². The van der Waals surface area contributed by atoms with Gasteiger partial charge in [-0.1, -0.05) is 18.9 Å². The van der Waals surface area contributed by atoms with Crippen molar-refractivity contribution in [2.45, 2.75) is 44.6 Å². The number of nitrogens with one attached hydrogen (secondary N) is 1. The summed E-state index contributed by atoms with van der Waals surface area (Å²) in [6, 6.07) is 6.68. The molecule has 104 valence electrons. The van der Waals surface area contributed by atoms with Crippen LogP contribution in [0.1, 0.15) is 38.5 Å². The van der Waals surface area contributed by atoms with Crippen LogP contribution in [0.25, 0.3) is 0 Å². The molecule has 1 aromatic heterocycles. The molecule has 3 nitrogen and oxygen atoms in total. The molecular formula is C16H25N3. The monoisotopic (exact) mass is 259 g/mol. The van der Waals surface area contributed by atoms with Gasteiger partial charge in [0.1, 0.15) is 5.82 Å². The van der Waals surface area contributed by atoms with E-state index in [9.17, 15) is 0 Å². The fourth-order valence-corrected chi connectivity index (χ4v) is 3.48. The topological polar surface area (TPSA) is 28.2 Å². The van der Waals surface area contributed by atoms with Crippen molar-refractivity contribution >= 4 is 5.82 Å². The number of rotatable bonds is 4. The van der Waals surface area contributed by atoms with Crippen LogP contribution in [-0.2, 0) is 0 Å². The average molecular weight is 259 g/mol. The average Bonchev–Trinajstić information content (AvgIpc) is 2.95. The Morgan fingerprint density at radius 2 is 1.89 bits per heavy atom. The maximum atomic E-state index is 4.35. The van der Waals surface area contributed by atoms with E-state index < -0.39 is 0 Å². The molecule has 2 fully saturated rings. The number of anilines is 1. The van der Waals surface area contributed by atoms with Gasteiger partial charge in [-0.15, -0.1) is 0 Å². The second-order valence-electron chi connectivity index (χ2n) is 6.08. The van der Waals surface area contributed by atoms with E-state index >= 15 is 0 Å². The van der Waals surface area contributed by atoms with Crippen LogP contribution in [0.4, 0.5) is 5.82 Å². The lowest BCUT2D eigenvalue weighted by molar-refractivity contribution is 0.189. The zero-order valence-corrected chi connectivity index (χ0v) is 11.7. The van der Waals surface area contributed by atoms with Crippen LogP contribution >= 0.6 is 0 Å². The number of hydrogen-bond donors (Lipinski definition) is 1. The molecule has 1 aromatic rings. The second kappa shape index (κ2) is 6.38. The van der Waals surface area contributed by atoms with Crippen molar-refractivity contribution in [2.24, 2.45) is 5.92 Å². The van der Waals surface area contributed by atoms with Crippen molar-refractivity contribution in [2.75, 3.05) is 25.0 Å². The van der Waals surface area contributed by atoms with Gasteiger partial charge < -0.3 is 10.2 Å². The summed E-state index contributed by atoms with van der Waals surface area (Å²) in [6.07, 6.45) is 10.2. The van der Waals surface area contributed by atoms with E-state index in [-0.39, 0.29) is 0 Å². The molecule has 1 aliphatic heterocycles. The van der Waals surface area contributed by atoms with Gasteiger partial charge in [-0.3, -0.25) is 0 Å². The zero-order valence-electron chi connectivity index (χ0n) is 11.7. The van der Waals surface area contributed by atoms with Gasteiger partial charge >= 0.3 is 0 Å². The minimum absolute atomic E-state index is 0.606. The van der Waals surface area contributed by atoms with Crippen molar-refractivity contribution < 1.29 is 0 Å². The second-order valence-corrected chi connectivity index (χ2v) is 6.08. The first-order chi connectivity index (χ1) is 9.40. The number of aromatic nitrogens is 1.